The molecule has 2 aliphatic carbocycles. The zero-order valence-electron chi connectivity index (χ0n) is 10.8. The Balaban J connectivity index is 0.000000280. The van der Waals surface area contributed by atoms with Crippen LogP contribution in [0.3, 0.4) is 0 Å². The molecule has 5 nitrogen and oxygen atoms in total. The molecule has 0 aromatic carbocycles. The van der Waals surface area contributed by atoms with Crippen molar-refractivity contribution in [1.82, 2.24) is 0 Å². The van der Waals surface area contributed by atoms with Gasteiger partial charge in [0.25, 0.3) is 0 Å². The van der Waals surface area contributed by atoms with Crippen LogP contribution in [-0.2, 0) is 10.4 Å². The van der Waals surface area contributed by atoms with E-state index in [-0.39, 0.29) is 0 Å². The number of rotatable bonds is 2. The van der Waals surface area contributed by atoms with E-state index < -0.39 is 10.4 Å². The van der Waals surface area contributed by atoms with E-state index in [0.29, 0.717) is 6.04 Å². The van der Waals surface area contributed by atoms with Gasteiger partial charge in [-0.15, -0.1) is 0 Å². The molecule has 0 heterocycles. The lowest BCUT2D eigenvalue weighted by Crippen LogP contribution is -2.27. The van der Waals surface area contributed by atoms with Crippen molar-refractivity contribution in [2.45, 2.75) is 63.8 Å². The second-order valence-electron chi connectivity index (χ2n) is 5.61. The summed E-state index contributed by atoms with van der Waals surface area (Å²) in [6, 6.07) is 0.528. The van der Waals surface area contributed by atoms with Crippen LogP contribution in [0, 0.1) is 11.8 Å². The Morgan fingerprint density at radius 2 is 1.28 bits per heavy atom. The molecule has 0 amide bonds. The van der Waals surface area contributed by atoms with Gasteiger partial charge in [-0.2, -0.15) is 8.42 Å². The summed E-state index contributed by atoms with van der Waals surface area (Å²) >= 11 is 0. The lowest BCUT2D eigenvalue weighted by molar-refractivity contribution is 0.271. The average molecular weight is 279 g/mol. The molecule has 0 aromatic heterocycles. The molecule has 0 spiro atoms. The van der Waals surface area contributed by atoms with Gasteiger partial charge in [0.15, 0.2) is 0 Å². The average Bonchev–Trinajstić information content (AvgIpc) is 2.72. The highest BCUT2D eigenvalue weighted by Gasteiger charge is 2.23. The SMILES string of the molecule is NC1CCC(CC2CCCC2)CC1.O=S(=O)(O)O. The Morgan fingerprint density at radius 3 is 1.72 bits per heavy atom. The topological polar surface area (TPSA) is 101 Å². The smallest absolute Gasteiger partial charge is 0.328 e. The summed E-state index contributed by atoms with van der Waals surface area (Å²) < 4.78 is 31.6. The third kappa shape index (κ3) is 8.02. The highest BCUT2D eigenvalue weighted by molar-refractivity contribution is 7.79. The van der Waals surface area contributed by atoms with Gasteiger partial charge in [-0.1, -0.05) is 25.7 Å². The lowest BCUT2D eigenvalue weighted by Gasteiger charge is -2.27. The fourth-order valence-electron chi connectivity index (χ4n) is 3.14. The van der Waals surface area contributed by atoms with E-state index in [1.807, 2.05) is 0 Å². The van der Waals surface area contributed by atoms with Gasteiger partial charge in [-0.05, 0) is 43.9 Å². The molecule has 4 N–H and O–H groups in total. The molecule has 0 unspecified atom stereocenters. The second kappa shape index (κ2) is 7.43. The Hall–Kier alpha value is -0.170. The molecule has 0 aromatic rings. The Morgan fingerprint density at radius 1 is 0.889 bits per heavy atom. The van der Waals surface area contributed by atoms with Gasteiger partial charge in [-0.25, -0.2) is 0 Å². The molecule has 2 aliphatic rings. The Bertz CT molecular complexity index is 309. The third-order valence-corrected chi connectivity index (χ3v) is 4.03. The van der Waals surface area contributed by atoms with Crippen LogP contribution in [0.4, 0.5) is 0 Å². The van der Waals surface area contributed by atoms with Crippen LogP contribution in [-0.4, -0.2) is 23.6 Å². The first-order valence-electron chi connectivity index (χ1n) is 6.80. The largest absolute Gasteiger partial charge is 0.394 e. The summed E-state index contributed by atoms with van der Waals surface area (Å²) in [4.78, 5) is 0. The highest BCUT2D eigenvalue weighted by Crippen LogP contribution is 2.35. The molecule has 0 atom stereocenters. The molecule has 2 saturated carbocycles. The van der Waals surface area contributed by atoms with Crippen molar-refractivity contribution >= 4 is 10.4 Å². The molecule has 2 fully saturated rings. The van der Waals surface area contributed by atoms with Crippen molar-refractivity contribution in [3.63, 3.8) is 0 Å². The zero-order chi connectivity index (χ0) is 13.6. The predicted octanol–water partition coefficient (Wildman–Crippen LogP) is 2.43. The van der Waals surface area contributed by atoms with Gasteiger partial charge in [0.05, 0.1) is 0 Å². The minimum Gasteiger partial charge on any atom is -0.328 e. The quantitative estimate of drug-likeness (QED) is 0.674. The summed E-state index contributed by atoms with van der Waals surface area (Å²) in [5, 5.41) is 0. The molecule has 6 heteroatoms. The fourth-order valence-corrected chi connectivity index (χ4v) is 3.14. The monoisotopic (exact) mass is 279 g/mol. The van der Waals surface area contributed by atoms with Crippen LogP contribution in [0.1, 0.15) is 57.8 Å². The first kappa shape index (κ1) is 15.9. The van der Waals surface area contributed by atoms with E-state index in [2.05, 4.69) is 0 Å². The number of hydrogen-bond acceptors (Lipinski definition) is 3. The van der Waals surface area contributed by atoms with Crippen LogP contribution >= 0.6 is 0 Å². The van der Waals surface area contributed by atoms with Crippen LogP contribution in [0.25, 0.3) is 0 Å². The van der Waals surface area contributed by atoms with Crippen molar-refractivity contribution in [3.05, 3.63) is 0 Å². The molecule has 0 radical (unpaired) electrons. The molecule has 0 bridgehead atoms. The first-order valence-corrected chi connectivity index (χ1v) is 8.19. The normalized spacial score (nSPS) is 29.7. The van der Waals surface area contributed by atoms with Gasteiger partial charge in [0, 0.05) is 6.04 Å². The van der Waals surface area contributed by atoms with Crippen molar-refractivity contribution in [2.75, 3.05) is 0 Å². The standard InChI is InChI=1S/C12H23N.H2O4S/c13-12-7-5-11(6-8-12)9-10-3-1-2-4-10;1-5(2,3)4/h10-12H,1-9,13H2;(H2,1,2,3,4). The molecule has 18 heavy (non-hydrogen) atoms. The molecule has 0 saturated heterocycles. The predicted molar refractivity (Wildman–Crippen MR) is 70.7 cm³/mol. The highest BCUT2D eigenvalue weighted by atomic mass is 32.3. The molecule has 108 valence electrons. The van der Waals surface area contributed by atoms with E-state index in [9.17, 15) is 0 Å². The zero-order valence-corrected chi connectivity index (χ0v) is 11.6. The van der Waals surface area contributed by atoms with Crippen molar-refractivity contribution in [2.24, 2.45) is 17.6 Å². The maximum absolute atomic E-state index is 8.74. The lowest BCUT2D eigenvalue weighted by atomic mass is 9.80. The van der Waals surface area contributed by atoms with Crippen molar-refractivity contribution < 1.29 is 17.5 Å². The Labute approximate surface area is 110 Å². The number of nitrogens with two attached hydrogens (primary N) is 1. The summed E-state index contributed by atoms with van der Waals surface area (Å²) in [7, 11) is -4.67. The van der Waals surface area contributed by atoms with Gasteiger partial charge < -0.3 is 5.73 Å². The van der Waals surface area contributed by atoms with E-state index >= 15 is 0 Å². The maximum atomic E-state index is 8.74. The molecular formula is C12H25NO4S. The molecule has 2 rings (SSSR count). The van der Waals surface area contributed by atoms with Crippen LogP contribution in [0.5, 0.6) is 0 Å². The fraction of sp³-hybridized carbons (Fsp3) is 1.00. The third-order valence-electron chi connectivity index (χ3n) is 4.03. The van der Waals surface area contributed by atoms with Crippen LogP contribution < -0.4 is 5.73 Å². The maximum Gasteiger partial charge on any atom is 0.394 e. The summed E-state index contributed by atoms with van der Waals surface area (Å²) in [5.74, 6) is 2.11. The van der Waals surface area contributed by atoms with Gasteiger partial charge in [-0.3, -0.25) is 9.11 Å². The van der Waals surface area contributed by atoms with E-state index in [4.69, 9.17) is 23.3 Å². The van der Waals surface area contributed by atoms with Crippen LogP contribution in [0.15, 0.2) is 0 Å². The summed E-state index contributed by atoms with van der Waals surface area (Å²) in [6.45, 7) is 0. The van der Waals surface area contributed by atoms with E-state index in [1.165, 1.54) is 57.8 Å². The van der Waals surface area contributed by atoms with Gasteiger partial charge in [0.2, 0.25) is 0 Å². The summed E-state index contributed by atoms with van der Waals surface area (Å²) in [5.41, 5.74) is 5.91. The van der Waals surface area contributed by atoms with E-state index in [1.54, 1.807) is 0 Å². The Kier molecular flexibility index (Phi) is 6.55. The number of hydrogen-bond donors (Lipinski definition) is 3. The van der Waals surface area contributed by atoms with Gasteiger partial charge >= 0.3 is 10.4 Å². The van der Waals surface area contributed by atoms with E-state index in [0.717, 1.165) is 11.8 Å². The first-order chi connectivity index (χ1) is 8.34. The second-order valence-corrected chi connectivity index (χ2v) is 6.51. The van der Waals surface area contributed by atoms with Crippen molar-refractivity contribution in [1.29, 1.82) is 0 Å². The molecule has 0 aliphatic heterocycles. The minimum absolute atomic E-state index is 0.528. The van der Waals surface area contributed by atoms with Crippen LogP contribution in [0.2, 0.25) is 0 Å². The van der Waals surface area contributed by atoms with Gasteiger partial charge in [0.1, 0.15) is 0 Å². The van der Waals surface area contributed by atoms with Crippen molar-refractivity contribution in [3.8, 4) is 0 Å². The summed E-state index contributed by atoms with van der Waals surface area (Å²) in [6.07, 6.45) is 13.0. The molecular weight excluding hydrogens is 254 g/mol. The minimum atomic E-state index is -4.67.